The third-order valence-corrected chi connectivity index (χ3v) is 6.13. The van der Waals surface area contributed by atoms with Crippen molar-refractivity contribution in [3.05, 3.63) is 36.3 Å². The van der Waals surface area contributed by atoms with Crippen molar-refractivity contribution in [2.24, 2.45) is 0 Å². The van der Waals surface area contributed by atoms with Gasteiger partial charge in [-0.1, -0.05) is 23.2 Å². The van der Waals surface area contributed by atoms with Gasteiger partial charge in [-0.3, -0.25) is 4.79 Å². The number of anilines is 1. The van der Waals surface area contributed by atoms with Gasteiger partial charge >= 0.3 is 5.97 Å². The molecule has 1 amide bonds. The van der Waals surface area contributed by atoms with Crippen LogP contribution >= 0.6 is 45.9 Å². The van der Waals surface area contributed by atoms with Crippen molar-refractivity contribution in [3.63, 3.8) is 0 Å². The van der Waals surface area contributed by atoms with Crippen molar-refractivity contribution in [3.8, 4) is 0 Å². The van der Waals surface area contributed by atoms with Crippen LogP contribution in [0.2, 0.25) is 8.67 Å². The van der Waals surface area contributed by atoms with E-state index in [-0.39, 0.29) is 5.91 Å². The third-order valence-electron chi connectivity index (χ3n) is 3.44. The topological polar surface area (TPSA) is 55.4 Å². The first kappa shape index (κ1) is 15.8. The normalized spacial score (nSPS) is 13.0. The van der Waals surface area contributed by atoms with Crippen molar-refractivity contribution >= 4 is 62.8 Å². The molecule has 0 unspecified atom stereocenters. The second kappa shape index (κ2) is 6.20. The minimum atomic E-state index is -0.427. The van der Waals surface area contributed by atoms with Crippen LogP contribution in [0.3, 0.4) is 0 Å². The van der Waals surface area contributed by atoms with Crippen LogP contribution in [0.4, 0.5) is 5.00 Å². The largest absolute Gasteiger partial charge is 0.465 e. The Balaban J connectivity index is 1.94. The van der Waals surface area contributed by atoms with Crippen LogP contribution in [0.1, 0.15) is 37.6 Å². The Morgan fingerprint density at radius 2 is 2.05 bits per heavy atom. The number of thiophene rings is 2. The summed E-state index contributed by atoms with van der Waals surface area (Å²) in [7, 11) is 1.34. The molecule has 22 heavy (non-hydrogen) atoms. The lowest BCUT2D eigenvalue weighted by Crippen LogP contribution is -2.14. The van der Waals surface area contributed by atoms with Crippen LogP contribution in [0.15, 0.2) is 6.07 Å². The van der Waals surface area contributed by atoms with Crippen molar-refractivity contribution < 1.29 is 14.3 Å². The van der Waals surface area contributed by atoms with Gasteiger partial charge in [0, 0.05) is 4.88 Å². The van der Waals surface area contributed by atoms with Gasteiger partial charge in [-0.25, -0.2) is 4.79 Å². The Labute approximate surface area is 145 Å². The molecular weight excluding hydrogens is 365 g/mol. The SMILES string of the molecule is COC(=O)c1c(NC(=O)c2cc(Cl)sc2Cl)sc2c1CCC2. The Kier molecular flexibility index (Phi) is 4.45. The van der Waals surface area contributed by atoms with Crippen LogP contribution in [-0.2, 0) is 17.6 Å². The Morgan fingerprint density at radius 3 is 2.68 bits per heavy atom. The van der Waals surface area contributed by atoms with E-state index in [0.717, 1.165) is 41.0 Å². The molecule has 0 fully saturated rings. The van der Waals surface area contributed by atoms with Gasteiger partial charge in [0.15, 0.2) is 0 Å². The van der Waals surface area contributed by atoms with Gasteiger partial charge in [-0.2, -0.15) is 0 Å². The van der Waals surface area contributed by atoms with Gasteiger partial charge in [0.25, 0.3) is 5.91 Å². The van der Waals surface area contributed by atoms with Crippen molar-refractivity contribution in [2.75, 3.05) is 12.4 Å². The molecule has 8 heteroatoms. The minimum absolute atomic E-state index is 0.307. The summed E-state index contributed by atoms with van der Waals surface area (Å²) in [6, 6.07) is 1.52. The highest BCUT2D eigenvalue weighted by molar-refractivity contribution is 7.20. The number of carbonyl (C=O) groups is 2. The molecule has 3 rings (SSSR count). The van der Waals surface area contributed by atoms with E-state index in [1.807, 2.05) is 0 Å². The summed E-state index contributed by atoms with van der Waals surface area (Å²) < 4.78 is 5.61. The molecule has 1 N–H and O–H groups in total. The number of ether oxygens (including phenoxy) is 1. The van der Waals surface area contributed by atoms with Crippen LogP contribution in [0.5, 0.6) is 0 Å². The molecule has 4 nitrogen and oxygen atoms in total. The summed E-state index contributed by atoms with van der Waals surface area (Å²) >= 11 is 14.4. The van der Waals surface area contributed by atoms with Gasteiger partial charge in [-0.05, 0) is 30.9 Å². The van der Waals surface area contributed by atoms with Crippen LogP contribution in [-0.4, -0.2) is 19.0 Å². The van der Waals surface area contributed by atoms with E-state index in [9.17, 15) is 9.59 Å². The minimum Gasteiger partial charge on any atom is -0.465 e. The molecule has 1 aliphatic rings. The van der Waals surface area contributed by atoms with E-state index in [1.54, 1.807) is 0 Å². The highest BCUT2D eigenvalue weighted by atomic mass is 35.5. The maximum atomic E-state index is 12.3. The molecule has 1 aliphatic carbocycles. The van der Waals surface area contributed by atoms with Gasteiger partial charge in [0.1, 0.15) is 9.34 Å². The van der Waals surface area contributed by atoms with Crippen LogP contribution in [0.25, 0.3) is 0 Å². The molecule has 2 heterocycles. The number of nitrogens with one attached hydrogen (secondary N) is 1. The molecule has 0 saturated heterocycles. The van der Waals surface area contributed by atoms with E-state index < -0.39 is 5.97 Å². The summed E-state index contributed by atoms with van der Waals surface area (Å²) in [4.78, 5) is 25.5. The summed E-state index contributed by atoms with van der Waals surface area (Å²) in [5.41, 5.74) is 1.76. The average Bonchev–Trinajstić information content (AvgIpc) is 3.12. The van der Waals surface area contributed by atoms with Crippen LogP contribution < -0.4 is 5.32 Å². The van der Waals surface area contributed by atoms with E-state index in [1.165, 1.54) is 24.5 Å². The summed E-state index contributed by atoms with van der Waals surface area (Å²) in [5.74, 6) is -0.803. The monoisotopic (exact) mass is 375 g/mol. The van der Waals surface area contributed by atoms with Crippen LogP contribution in [0, 0.1) is 0 Å². The first-order valence-electron chi connectivity index (χ1n) is 6.50. The molecule has 0 saturated carbocycles. The molecule has 0 spiro atoms. The van der Waals surface area contributed by atoms with E-state index in [0.29, 0.717) is 24.8 Å². The highest BCUT2D eigenvalue weighted by Crippen LogP contribution is 2.40. The first-order chi connectivity index (χ1) is 10.5. The fourth-order valence-electron chi connectivity index (χ4n) is 2.48. The van der Waals surface area contributed by atoms with Crippen molar-refractivity contribution in [1.29, 1.82) is 0 Å². The fraction of sp³-hybridized carbons (Fsp3) is 0.286. The maximum Gasteiger partial charge on any atom is 0.341 e. The number of halogens is 2. The molecule has 2 aromatic heterocycles. The highest BCUT2D eigenvalue weighted by Gasteiger charge is 2.28. The zero-order valence-electron chi connectivity index (χ0n) is 11.5. The Bertz CT molecular complexity index is 766. The molecule has 0 atom stereocenters. The second-order valence-electron chi connectivity index (χ2n) is 4.75. The molecule has 0 aliphatic heterocycles. The lowest BCUT2D eigenvalue weighted by atomic mass is 10.1. The number of fused-ring (bicyclic) bond motifs is 1. The summed E-state index contributed by atoms with van der Waals surface area (Å²) in [6.07, 6.45) is 2.77. The van der Waals surface area contributed by atoms with Gasteiger partial charge in [0.05, 0.1) is 22.6 Å². The smallest absolute Gasteiger partial charge is 0.341 e. The average molecular weight is 376 g/mol. The lowest BCUT2D eigenvalue weighted by Gasteiger charge is -2.06. The zero-order chi connectivity index (χ0) is 15.9. The van der Waals surface area contributed by atoms with E-state index >= 15 is 0 Å². The number of rotatable bonds is 3. The van der Waals surface area contributed by atoms with Gasteiger partial charge < -0.3 is 10.1 Å². The summed E-state index contributed by atoms with van der Waals surface area (Å²) in [6.45, 7) is 0. The Morgan fingerprint density at radius 1 is 1.27 bits per heavy atom. The molecule has 0 bridgehead atoms. The number of carbonyl (C=O) groups excluding carboxylic acids is 2. The number of hydrogen-bond acceptors (Lipinski definition) is 5. The first-order valence-corrected chi connectivity index (χ1v) is 8.89. The van der Waals surface area contributed by atoms with Gasteiger partial charge in [-0.15, -0.1) is 22.7 Å². The Hall–Kier alpha value is -1.08. The molecule has 0 radical (unpaired) electrons. The molecule has 0 aromatic carbocycles. The number of esters is 1. The van der Waals surface area contributed by atoms with Crippen molar-refractivity contribution in [1.82, 2.24) is 0 Å². The lowest BCUT2D eigenvalue weighted by molar-refractivity contribution is 0.0601. The zero-order valence-corrected chi connectivity index (χ0v) is 14.6. The van der Waals surface area contributed by atoms with Crippen molar-refractivity contribution in [2.45, 2.75) is 19.3 Å². The fourth-order valence-corrected chi connectivity index (χ4v) is 5.21. The molecule has 116 valence electrons. The molecular formula is C14H11Cl2NO3S2. The summed E-state index contributed by atoms with van der Waals surface area (Å²) in [5, 5.41) is 3.28. The number of hydrogen-bond donors (Lipinski definition) is 1. The third kappa shape index (κ3) is 2.76. The second-order valence-corrected chi connectivity index (χ2v) is 8.14. The standard InChI is InChI=1S/C14H11Cl2NO3S2/c1-20-14(19)10-6-3-2-4-8(6)21-13(10)17-12(18)7-5-9(15)22-11(7)16/h5H,2-4H2,1H3,(H,17,18). The maximum absolute atomic E-state index is 12.3. The van der Waals surface area contributed by atoms with Gasteiger partial charge in [0.2, 0.25) is 0 Å². The quantitative estimate of drug-likeness (QED) is 0.794. The number of aryl methyl sites for hydroxylation is 1. The van der Waals surface area contributed by atoms with E-state index in [2.05, 4.69) is 5.32 Å². The van der Waals surface area contributed by atoms with E-state index in [4.69, 9.17) is 27.9 Å². The predicted molar refractivity (Wildman–Crippen MR) is 90.0 cm³/mol. The molecule has 2 aromatic rings. The number of methoxy groups -OCH3 is 1. The number of amides is 1. The predicted octanol–water partition coefficient (Wildman–Crippen LogP) is 4.64.